The fraction of sp³-hybridized carbons (Fsp3) is 0.550. The lowest BCUT2D eigenvalue weighted by Crippen LogP contribution is -2.35. The molecule has 2 aromatic rings. The van der Waals surface area contributed by atoms with Gasteiger partial charge in [-0.05, 0) is 43.7 Å². The molecule has 0 radical (unpaired) electrons. The number of hydrogen-bond donors (Lipinski definition) is 1. The first kappa shape index (κ1) is 17.2. The highest BCUT2D eigenvalue weighted by atomic mass is 16.2. The molecule has 26 heavy (non-hydrogen) atoms. The van der Waals surface area contributed by atoms with Crippen LogP contribution in [0.15, 0.2) is 24.3 Å². The van der Waals surface area contributed by atoms with Gasteiger partial charge in [0.25, 0.3) is 5.91 Å². The molecule has 3 heterocycles. The molecular weight excluding hydrogens is 326 g/mol. The van der Waals surface area contributed by atoms with E-state index in [1.54, 1.807) is 0 Å². The SMILES string of the molecule is Cc1ccccc1CN1CC2Cc3nnc(C(=O)NC(C)C)n3CC2C1. The van der Waals surface area contributed by atoms with Crippen LogP contribution in [0.1, 0.15) is 41.4 Å². The summed E-state index contributed by atoms with van der Waals surface area (Å²) in [5, 5.41) is 11.4. The largest absolute Gasteiger partial charge is 0.347 e. The molecule has 2 aliphatic rings. The summed E-state index contributed by atoms with van der Waals surface area (Å²) in [5.41, 5.74) is 2.76. The first-order valence-electron chi connectivity index (χ1n) is 9.51. The van der Waals surface area contributed by atoms with E-state index >= 15 is 0 Å². The number of nitrogens with zero attached hydrogens (tertiary/aromatic N) is 4. The van der Waals surface area contributed by atoms with Crippen LogP contribution in [-0.4, -0.2) is 44.7 Å². The highest BCUT2D eigenvalue weighted by Crippen LogP contribution is 2.33. The zero-order valence-electron chi connectivity index (χ0n) is 15.8. The van der Waals surface area contributed by atoms with E-state index < -0.39 is 0 Å². The van der Waals surface area contributed by atoms with Crippen molar-refractivity contribution >= 4 is 5.91 Å². The lowest BCUT2D eigenvalue weighted by molar-refractivity contribution is 0.0924. The number of nitrogens with one attached hydrogen (secondary N) is 1. The van der Waals surface area contributed by atoms with Gasteiger partial charge in [0, 0.05) is 38.6 Å². The zero-order chi connectivity index (χ0) is 18.3. The summed E-state index contributed by atoms with van der Waals surface area (Å²) in [4.78, 5) is 14.9. The minimum absolute atomic E-state index is 0.0999. The van der Waals surface area contributed by atoms with Crippen molar-refractivity contribution in [2.75, 3.05) is 13.1 Å². The Labute approximate surface area is 154 Å². The van der Waals surface area contributed by atoms with E-state index in [0.29, 0.717) is 17.7 Å². The van der Waals surface area contributed by atoms with Crippen molar-refractivity contribution in [3.63, 3.8) is 0 Å². The van der Waals surface area contributed by atoms with Crippen LogP contribution >= 0.6 is 0 Å². The molecular formula is C20H27N5O. The molecule has 6 heteroatoms. The summed E-state index contributed by atoms with van der Waals surface area (Å²) in [7, 11) is 0. The second-order valence-electron chi connectivity index (χ2n) is 8.02. The first-order valence-corrected chi connectivity index (χ1v) is 9.51. The average molecular weight is 353 g/mol. The molecule has 2 unspecified atom stereocenters. The van der Waals surface area contributed by atoms with Gasteiger partial charge >= 0.3 is 0 Å². The minimum atomic E-state index is -0.119. The first-order chi connectivity index (χ1) is 12.5. The second-order valence-corrected chi connectivity index (χ2v) is 8.02. The Morgan fingerprint density at radius 1 is 1.19 bits per heavy atom. The number of likely N-dealkylation sites (tertiary alicyclic amines) is 1. The van der Waals surface area contributed by atoms with Gasteiger partial charge in [-0.1, -0.05) is 24.3 Å². The van der Waals surface area contributed by atoms with Crippen molar-refractivity contribution in [1.82, 2.24) is 25.0 Å². The Morgan fingerprint density at radius 3 is 2.73 bits per heavy atom. The fourth-order valence-electron chi connectivity index (χ4n) is 4.27. The lowest BCUT2D eigenvalue weighted by Gasteiger charge is -2.25. The van der Waals surface area contributed by atoms with Crippen molar-refractivity contribution in [2.45, 2.75) is 46.3 Å². The molecule has 0 aliphatic carbocycles. The number of carbonyl (C=O) groups excluding carboxylic acids is 1. The van der Waals surface area contributed by atoms with E-state index in [9.17, 15) is 4.79 Å². The van der Waals surface area contributed by atoms with Gasteiger partial charge in [-0.25, -0.2) is 0 Å². The number of fused-ring (bicyclic) bond motifs is 2. The van der Waals surface area contributed by atoms with Gasteiger partial charge in [0.15, 0.2) is 0 Å². The van der Waals surface area contributed by atoms with E-state index in [2.05, 4.69) is 51.6 Å². The van der Waals surface area contributed by atoms with E-state index in [-0.39, 0.29) is 11.9 Å². The van der Waals surface area contributed by atoms with Gasteiger partial charge in [0.05, 0.1) is 0 Å². The van der Waals surface area contributed by atoms with Crippen molar-refractivity contribution in [1.29, 1.82) is 0 Å². The van der Waals surface area contributed by atoms with Crippen LogP contribution < -0.4 is 5.32 Å². The summed E-state index contributed by atoms with van der Waals surface area (Å²) >= 11 is 0. The van der Waals surface area contributed by atoms with Crippen LogP contribution in [0.5, 0.6) is 0 Å². The predicted octanol–water partition coefficient (Wildman–Crippen LogP) is 2.03. The molecule has 0 bridgehead atoms. The zero-order valence-corrected chi connectivity index (χ0v) is 15.8. The number of carbonyl (C=O) groups is 1. The summed E-state index contributed by atoms with van der Waals surface area (Å²) in [6, 6.07) is 8.72. The van der Waals surface area contributed by atoms with E-state index in [1.165, 1.54) is 11.1 Å². The molecule has 1 N–H and O–H groups in total. The van der Waals surface area contributed by atoms with Crippen LogP contribution in [0.4, 0.5) is 0 Å². The van der Waals surface area contributed by atoms with E-state index in [1.807, 2.05) is 18.4 Å². The predicted molar refractivity (Wildman–Crippen MR) is 99.8 cm³/mol. The number of aromatic nitrogens is 3. The minimum Gasteiger partial charge on any atom is -0.347 e. The Balaban J connectivity index is 1.46. The summed E-state index contributed by atoms with van der Waals surface area (Å²) in [6.45, 7) is 10.1. The van der Waals surface area contributed by atoms with Crippen molar-refractivity contribution in [3.05, 3.63) is 47.0 Å². The van der Waals surface area contributed by atoms with Gasteiger partial charge < -0.3 is 9.88 Å². The van der Waals surface area contributed by atoms with Crippen molar-refractivity contribution in [2.24, 2.45) is 11.8 Å². The van der Waals surface area contributed by atoms with Gasteiger partial charge in [-0.2, -0.15) is 0 Å². The molecule has 1 aromatic carbocycles. The molecule has 0 spiro atoms. The summed E-state index contributed by atoms with van der Waals surface area (Å²) in [5.74, 6) is 2.47. The number of aryl methyl sites for hydroxylation is 1. The maximum absolute atomic E-state index is 12.4. The number of rotatable bonds is 4. The third kappa shape index (κ3) is 3.26. The van der Waals surface area contributed by atoms with Crippen LogP contribution in [0.3, 0.4) is 0 Å². The highest BCUT2D eigenvalue weighted by Gasteiger charge is 2.39. The molecule has 1 fully saturated rings. The standard InChI is InChI=1S/C20H27N5O/c1-13(2)21-20(26)19-23-22-18-8-16-10-24(11-17(16)12-25(18)19)9-15-7-5-4-6-14(15)3/h4-7,13,16-17H,8-12H2,1-3H3,(H,21,26). The molecule has 1 saturated heterocycles. The summed E-state index contributed by atoms with van der Waals surface area (Å²) < 4.78 is 2.04. The third-order valence-corrected chi connectivity index (χ3v) is 5.62. The molecule has 2 aliphatic heterocycles. The molecule has 6 nitrogen and oxygen atoms in total. The monoisotopic (exact) mass is 353 g/mol. The Hall–Kier alpha value is -2.21. The van der Waals surface area contributed by atoms with Gasteiger partial charge in [0.2, 0.25) is 5.82 Å². The topological polar surface area (TPSA) is 63.1 Å². The van der Waals surface area contributed by atoms with Crippen LogP contribution in [0.25, 0.3) is 0 Å². The number of hydrogen-bond acceptors (Lipinski definition) is 4. The normalized spacial score (nSPS) is 22.3. The van der Waals surface area contributed by atoms with Crippen LogP contribution in [0.2, 0.25) is 0 Å². The summed E-state index contributed by atoms with van der Waals surface area (Å²) in [6.07, 6.45) is 0.914. The maximum atomic E-state index is 12.4. The highest BCUT2D eigenvalue weighted by molar-refractivity contribution is 5.90. The quantitative estimate of drug-likeness (QED) is 0.914. The molecule has 2 atom stereocenters. The molecule has 4 rings (SSSR count). The second kappa shape index (κ2) is 6.83. The lowest BCUT2D eigenvalue weighted by atomic mass is 9.89. The molecule has 0 saturated carbocycles. The van der Waals surface area contributed by atoms with Gasteiger partial charge in [-0.3, -0.25) is 9.69 Å². The van der Waals surface area contributed by atoms with Crippen molar-refractivity contribution < 1.29 is 4.79 Å². The Morgan fingerprint density at radius 2 is 1.96 bits per heavy atom. The van der Waals surface area contributed by atoms with E-state index in [4.69, 9.17) is 0 Å². The van der Waals surface area contributed by atoms with Crippen LogP contribution in [-0.2, 0) is 19.5 Å². The van der Waals surface area contributed by atoms with Crippen LogP contribution in [0, 0.1) is 18.8 Å². The smallest absolute Gasteiger partial charge is 0.289 e. The Bertz CT molecular complexity index is 812. The average Bonchev–Trinajstić information content (AvgIpc) is 3.16. The maximum Gasteiger partial charge on any atom is 0.289 e. The number of amides is 1. The third-order valence-electron chi connectivity index (χ3n) is 5.62. The number of benzene rings is 1. The van der Waals surface area contributed by atoms with E-state index in [0.717, 1.165) is 38.4 Å². The Kier molecular flexibility index (Phi) is 4.53. The fourth-order valence-corrected chi connectivity index (χ4v) is 4.27. The van der Waals surface area contributed by atoms with Crippen molar-refractivity contribution in [3.8, 4) is 0 Å². The molecule has 1 amide bonds. The molecule has 1 aromatic heterocycles. The molecule has 138 valence electrons. The van der Waals surface area contributed by atoms with Gasteiger partial charge in [-0.15, -0.1) is 10.2 Å². The van der Waals surface area contributed by atoms with Gasteiger partial charge in [0.1, 0.15) is 5.82 Å².